The summed E-state index contributed by atoms with van der Waals surface area (Å²) in [5, 5.41) is 3.53. The lowest BCUT2D eigenvalue weighted by molar-refractivity contribution is -0.143. The molecule has 0 atom stereocenters. The van der Waals surface area contributed by atoms with E-state index in [2.05, 4.69) is 12.2 Å². The van der Waals surface area contributed by atoms with E-state index in [0.717, 1.165) is 25.8 Å². The quantitative estimate of drug-likeness (QED) is 0.496. The predicted octanol–water partition coefficient (Wildman–Crippen LogP) is 2.25. The number of esters is 1. The van der Waals surface area contributed by atoms with Gasteiger partial charge in [-0.1, -0.05) is 6.42 Å². The normalized spacial score (nSPS) is 17.5. The molecule has 1 aliphatic carbocycles. The molecule has 0 heterocycles. The third-order valence-electron chi connectivity index (χ3n) is 2.91. The van der Waals surface area contributed by atoms with Crippen LogP contribution in [0.2, 0.25) is 0 Å². The van der Waals surface area contributed by atoms with E-state index < -0.39 is 0 Å². The summed E-state index contributed by atoms with van der Waals surface area (Å²) in [6.07, 6.45) is 6.44. The van der Waals surface area contributed by atoms with Crippen LogP contribution < -0.4 is 5.32 Å². The first-order chi connectivity index (χ1) is 7.16. The smallest absolute Gasteiger partial charge is 0.305 e. The van der Waals surface area contributed by atoms with E-state index >= 15 is 0 Å². The fourth-order valence-electron chi connectivity index (χ4n) is 1.56. The largest absolute Gasteiger partial charge is 0.466 e. The van der Waals surface area contributed by atoms with Gasteiger partial charge in [0.1, 0.15) is 0 Å². The van der Waals surface area contributed by atoms with Crippen molar-refractivity contribution in [3.8, 4) is 0 Å². The van der Waals surface area contributed by atoms with Crippen molar-refractivity contribution in [3.05, 3.63) is 0 Å². The molecule has 0 amide bonds. The zero-order valence-electron chi connectivity index (χ0n) is 9.97. The van der Waals surface area contributed by atoms with Gasteiger partial charge in [-0.15, -0.1) is 0 Å². The maximum atomic E-state index is 11.0. The molecule has 0 unspecified atom stereocenters. The molecule has 1 N–H and O–H groups in total. The number of carbonyl (C=O) groups is 1. The molecule has 3 heteroatoms. The van der Waals surface area contributed by atoms with Crippen LogP contribution in [0.1, 0.15) is 52.4 Å². The molecule has 1 fully saturated rings. The van der Waals surface area contributed by atoms with Crippen LogP contribution in [0.15, 0.2) is 0 Å². The minimum Gasteiger partial charge on any atom is -0.466 e. The monoisotopic (exact) mass is 213 g/mol. The molecule has 0 radical (unpaired) electrons. The predicted molar refractivity (Wildman–Crippen MR) is 60.7 cm³/mol. The zero-order valence-corrected chi connectivity index (χ0v) is 9.97. The maximum absolute atomic E-state index is 11.0. The van der Waals surface area contributed by atoms with E-state index in [0.29, 0.717) is 18.6 Å². The molecule has 0 saturated heterocycles. The lowest BCUT2D eigenvalue weighted by Gasteiger charge is -2.10. The van der Waals surface area contributed by atoms with Crippen LogP contribution in [0.5, 0.6) is 0 Å². The van der Waals surface area contributed by atoms with Gasteiger partial charge in [0.2, 0.25) is 0 Å². The number of hydrogen-bond acceptors (Lipinski definition) is 3. The number of carbonyl (C=O) groups excluding carboxylic acids is 1. The van der Waals surface area contributed by atoms with Crippen LogP contribution in [0, 0.1) is 0 Å². The summed E-state index contributed by atoms with van der Waals surface area (Å²) in [5.41, 5.74) is 0.446. The Balaban J connectivity index is 1.82. The first-order valence-corrected chi connectivity index (χ1v) is 6.07. The standard InChI is InChI=1S/C12H23NO2/c1-3-15-11(14)7-5-4-6-10-13-12(2)8-9-12/h13H,3-10H2,1-2H3. The Morgan fingerprint density at radius 1 is 1.33 bits per heavy atom. The van der Waals surface area contributed by atoms with Crippen LogP contribution in [0.3, 0.4) is 0 Å². The van der Waals surface area contributed by atoms with E-state index in [9.17, 15) is 4.79 Å². The molecule has 0 spiro atoms. The van der Waals surface area contributed by atoms with E-state index in [1.54, 1.807) is 0 Å². The number of unbranched alkanes of at least 4 members (excludes halogenated alkanes) is 2. The molecule has 88 valence electrons. The van der Waals surface area contributed by atoms with Gasteiger partial charge < -0.3 is 10.1 Å². The number of hydrogen-bond donors (Lipinski definition) is 1. The van der Waals surface area contributed by atoms with Gasteiger partial charge in [0, 0.05) is 12.0 Å². The first kappa shape index (κ1) is 12.5. The van der Waals surface area contributed by atoms with Crippen LogP contribution in [-0.2, 0) is 9.53 Å². The van der Waals surface area contributed by atoms with Crippen molar-refractivity contribution < 1.29 is 9.53 Å². The Morgan fingerprint density at radius 2 is 2.07 bits per heavy atom. The summed E-state index contributed by atoms with van der Waals surface area (Å²) >= 11 is 0. The second-order valence-corrected chi connectivity index (χ2v) is 4.60. The molecular weight excluding hydrogens is 190 g/mol. The summed E-state index contributed by atoms with van der Waals surface area (Å²) in [7, 11) is 0. The van der Waals surface area contributed by atoms with Crippen LogP contribution in [-0.4, -0.2) is 24.7 Å². The minimum atomic E-state index is -0.0559. The van der Waals surface area contributed by atoms with Gasteiger partial charge in [0.25, 0.3) is 0 Å². The van der Waals surface area contributed by atoms with E-state index in [4.69, 9.17) is 4.74 Å². The summed E-state index contributed by atoms with van der Waals surface area (Å²) in [5.74, 6) is -0.0559. The van der Waals surface area contributed by atoms with E-state index in [1.165, 1.54) is 12.8 Å². The zero-order chi connectivity index (χ0) is 11.1. The topological polar surface area (TPSA) is 38.3 Å². The van der Waals surface area contributed by atoms with Crippen molar-refractivity contribution in [1.82, 2.24) is 5.32 Å². The Labute approximate surface area is 92.6 Å². The van der Waals surface area contributed by atoms with Gasteiger partial charge >= 0.3 is 5.97 Å². The minimum absolute atomic E-state index is 0.0559. The molecular formula is C12H23NO2. The second kappa shape index (κ2) is 6.11. The van der Waals surface area contributed by atoms with Crippen molar-refractivity contribution in [2.45, 2.75) is 57.9 Å². The highest BCUT2D eigenvalue weighted by atomic mass is 16.5. The van der Waals surface area contributed by atoms with Crippen LogP contribution in [0.25, 0.3) is 0 Å². The van der Waals surface area contributed by atoms with Crippen molar-refractivity contribution >= 4 is 5.97 Å². The van der Waals surface area contributed by atoms with Gasteiger partial charge in [0.05, 0.1) is 6.61 Å². The molecule has 0 aliphatic heterocycles. The van der Waals surface area contributed by atoms with Gasteiger partial charge in [0.15, 0.2) is 0 Å². The van der Waals surface area contributed by atoms with Crippen LogP contribution in [0.4, 0.5) is 0 Å². The molecule has 1 aliphatic rings. The molecule has 0 aromatic carbocycles. The van der Waals surface area contributed by atoms with Crippen LogP contribution >= 0.6 is 0 Å². The van der Waals surface area contributed by atoms with Crippen molar-refractivity contribution in [3.63, 3.8) is 0 Å². The van der Waals surface area contributed by atoms with E-state index in [-0.39, 0.29) is 5.97 Å². The summed E-state index contributed by atoms with van der Waals surface area (Å²) in [6.45, 7) is 5.70. The van der Waals surface area contributed by atoms with Crippen molar-refractivity contribution in [1.29, 1.82) is 0 Å². The Kier molecular flexibility index (Phi) is 5.09. The highest BCUT2D eigenvalue weighted by Gasteiger charge is 2.35. The third kappa shape index (κ3) is 5.78. The lowest BCUT2D eigenvalue weighted by atomic mass is 10.2. The summed E-state index contributed by atoms with van der Waals surface area (Å²) in [4.78, 5) is 11.0. The first-order valence-electron chi connectivity index (χ1n) is 6.07. The summed E-state index contributed by atoms with van der Waals surface area (Å²) < 4.78 is 4.86. The molecule has 0 aromatic heterocycles. The highest BCUT2D eigenvalue weighted by Crippen LogP contribution is 2.34. The molecule has 3 nitrogen and oxygen atoms in total. The Bertz CT molecular complexity index is 200. The number of rotatable bonds is 8. The number of ether oxygens (including phenoxy) is 1. The van der Waals surface area contributed by atoms with Crippen molar-refractivity contribution in [2.24, 2.45) is 0 Å². The molecule has 1 saturated carbocycles. The fraction of sp³-hybridized carbons (Fsp3) is 0.917. The average molecular weight is 213 g/mol. The Morgan fingerprint density at radius 3 is 2.67 bits per heavy atom. The number of nitrogens with one attached hydrogen (secondary N) is 1. The molecule has 15 heavy (non-hydrogen) atoms. The van der Waals surface area contributed by atoms with Gasteiger partial charge in [-0.05, 0) is 46.1 Å². The van der Waals surface area contributed by atoms with Gasteiger partial charge in [-0.3, -0.25) is 4.79 Å². The Hall–Kier alpha value is -0.570. The SMILES string of the molecule is CCOC(=O)CCCCCNC1(C)CC1. The summed E-state index contributed by atoms with van der Waals surface area (Å²) in [6, 6.07) is 0. The van der Waals surface area contributed by atoms with Gasteiger partial charge in [-0.25, -0.2) is 0 Å². The molecule has 1 rings (SSSR count). The molecule has 0 bridgehead atoms. The third-order valence-corrected chi connectivity index (χ3v) is 2.91. The highest BCUT2D eigenvalue weighted by molar-refractivity contribution is 5.69. The lowest BCUT2D eigenvalue weighted by Crippen LogP contribution is -2.28. The average Bonchev–Trinajstić information content (AvgIpc) is 2.91. The van der Waals surface area contributed by atoms with Gasteiger partial charge in [-0.2, -0.15) is 0 Å². The maximum Gasteiger partial charge on any atom is 0.305 e. The fourth-order valence-corrected chi connectivity index (χ4v) is 1.56. The van der Waals surface area contributed by atoms with Crippen molar-refractivity contribution in [2.75, 3.05) is 13.2 Å². The van der Waals surface area contributed by atoms with E-state index in [1.807, 2.05) is 6.92 Å². The molecule has 0 aromatic rings. The second-order valence-electron chi connectivity index (χ2n) is 4.60.